The molecule has 1 saturated heterocycles. The van der Waals surface area contributed by atoms with Gasteiger partial charge in [-0.05, 0) is 38.3 Å². The van der Waals surface area contributed by atoms with Crippen LogP contribution in [-0.4, -0.2) is 12.2 Å². The number of halogens is 2. The minimum absolute atomic E-state index is 0.361. The van der Waals surface area contributed by atoms with E-state index in [4.69, 9.17) is 22.1 Å². The average Bonchev–Trinajstić information content (AvgIpc) is 2.29. The summed E-state index contributed by atoms with van der Waals surface area (Å²) in [6.45, 7) is 2.64. The monoisotopic (exact) mass is 257 g/mol. The number of hydrogen-bond donors (Lipinski definition) is 1. The molecule has 0 spiro atoms. The van der Waals surface area contributed by atoms with Crippen molar-refractivity contribution in [1.29, 1.82) is 0 Å². The van der Waals surface area contributed by atoms with E-state index in [0.717, 1.165) is 19.3 Å². The van der Waals surface area contributed by atoms with Gasteiger partial charge in [-0.15, -0.1) is 0 Å². The van der Waals surface area contributed by atoms with Crippen molar-refractivity contribution in [3.05, 3.63) is 34.6 Å². The van der Waals surface area contributed by atoms with E-state index in [-0.39, 0.29) is 5.82 Å². The third-order valence-corrected chi connectivity index (χ3v) is 3.69. The van der Waals surface area contributed by atoms with E-state index in [0.29, 0.717) is 17.2 Å². The van der Waals surface area contributed by atoms with Crippen molar-refractivity contribution in [2.24, 2.45) is 5.73 Å². The van der Waals surface area contributed by atoms with E-state index in [1.54, 1.807) is 12.1 Å². The molecule has 2 rings (SSSR count). The molecule has 2 nitrogen and oxygen atoms in total. The number of rotatable bonds is 2. The van der Waals surface area contributed by atoms with E-state index < -0.39 is 11.6 Å². The van der Waals surface area contributed by atoms with Crippen LogP contribution in [0.1, 0.15) is 37.8 Å². The van der Waals surface area contributed by atoms with Gasteiger partial charge >= 0.3 is 0 Å². The van der Waals surface area contributed by atoms with E-state index >= 15 is 0 Å². The van der Waals surface area contributed by atoms with Gasteiger partial charge in [-0.2, -0.15) is 0 Å². The van der Waals surface area contributed by atoms with Crippen LogP contribution in [0.4, 0.5) is 4.39 Å². The minimum atomic E-state index is -0.479. The Balaban J connectivity index is 2.26. The van der Waals surface area contributed by atoms with E-state index in [2.05, 4.69) is 0 Å². The molecule has 0 aromatic heterocycles. The smallest absolute Gasteiger partial charge is 0.129 e. The number of ether oxygens (including phenoxy) is 1. The molecule has 2 N–H and O–H groups in total. The standard InChI is InChI=1S/C13H17ClFNO/c1-13(6-2-3-7-17-13)12(16)10-5-4-9(14)8-11(10)15/h4-5,8,12H,2-3,6-7,16H2,1H3. The molecule has 17 heavy (non-hydrogen) atoms. The molecule has 1 aromatic rings. The van der Waals surface area contributed by atoms with Crippen LogP contribution >= 0.6 is 11.6 Å². The van der Waals surface area contributed by atoms with Crippen molar-refractivity contribution in [3.8, 4) is 0 Å². The summed E-state index contributed by atoms with van der Waals surface area (Å²) in [4.78, 5) is 0. The summed E-state index contributed by atoms with van der Waals surface area (Å²) >= 11 is 5.73. The summed E-state index contributed by atoms with van der Waals surface area (Å²) in [5.41, 5.74) is 6.14. The van der Waals surface area contributed by atoms with Gasteiger partial charge in [-0.1, -0.05) is 17.7 Å². The number of benzene rings is 1. The lowest BCUT2D eigenvalue weighted by molar-refractivity contribution is -0.0826. The maximum absolute atomic E-state index is 13.8. The van der Waals surface area contributed by atoms with Crippen LogP contribution in [-0.2, 0) is 4.74 Å². The molecule has 2 unspecified atom stereocenters. The normalized spacial score (nSPS) is 26.8. The Morgan fingerprint density at radius 3 is 2.82 bits per heavy atom. The van der Waals surface area contributed by atoms with Gasteiger partial charge in [0.25, 0.3) is 0 Å². The molecule has 0 saturated carbocycles. The minimum Gasteiger partial charge on any atom is -0.373 e. The topological polar surface area (TPSA) is 35.2 Å². The zero-order valence-corrected chi connectivity index (χ0v) is 10.6. The van der Waals surface area contributed by atoms with Crippen LogP contribution in [0, 0.1) is 5.82 Å². The molecule has 0 bridgehead atoms. The Hall–Kier alpha value is -0.640. The Morgan fingerprint density at radius 2 is 2.24 bits per heavy atom. The van der Waals surface area contributed by atoms with Gasteiger partial charge in [0.1, 0.15) is 5.82 Å². The Morgan fingerprint density at radius 1 is 1.47 bits per heavy atom. The lowest BCUT2D eigenvalue weighted by Crippen LogP contribution is -2.43. The lowest BCUT2D eigenvalue weighted by atomic mass is 9.84. The van der Waals surface area contributed by atoms with E-state index in [9.17, 15) is 4.39 Å². The van der Waals surface area contributed by atoms with Crippen molar-refractivity contribution in [2.75, 3.05) is 6.61 Å². The predicted octanol–water partition coefficient (Wildman–Crippen LogP) is 3.44. The van der Waals surface area contributed by atoms with Crippen LogP contribution in [0.3, 0.4) is 0 Å². The molecular formula is C13H17ClFNO. The maximum Gasteiger partial charge on any atom is 0.129 e. The van der Waals surface area contributed by atoms with Crippen LogP contribution < -0.4 is 5.73 Å². The summed E-state index contributed by atoms with van der Waals surface area (Å²) in [5.74, 6) is -0.361. The van der Waals surface area contributed by atoms with Gasteiger partial charge in [0.15, 0.2) is 0 Å². The van der Waals surface area contributed by atoms with Gasteiger partial charge < -0.3 is 10.5 Å². The quantitative estimate of drug-likeness (QED) is 0.881. The maximum atomic E-state index is 13.8. The summed E-state index contributed by atoms with van der Waals surface area (Å²) < 4.78 is 19.5. The molecule has 1 heterocycles. The first-order chi connectivity index (χ1) is 8.03. The highest BCUT2D eigenvalue weighted by molar-refractivity contribution is 6.30. The first-order valence-electron chi connectivity index (χ1n) is 5.87. The first-order valence-corrected chi connectivity index (χ1v) is 6.25. The SMILES string of the molecule is CC1(C(N)c2ccc(Cl)cc2F)CCCCO1. The van der Waals surface area contributed by atoms with Crippen molar-refractivity contribution >= 4 is 11.6 Å². The molecule has 1 aliphatic rings. The fraction of sp³-hybridized carbons (Fsp3) is 0.538. The van der Waals surface area contributed by atoms with Crippen molar-refractivity contribution < 1.29 is 9.13 Å². The highest BCUT2D eigenvalue weighted by atomic mass is 35.5. The Labute approximate surface area is 106 Å². The second kappa shape index (κ2) is 4.92. The van der Waals surface area contributed by atoms with Gasteiger partial charge in [-0.3, -0.25) is 0 Å². The third kappa shape index (κ3) is 2.62. The molecule has 0 radical (unpaired) electrons. The molecule has 2 atom stereocenters. The van der Waals surface area contributed by atoms with Crippen molar-refractivity contribution in [3.63, 3.8) is 0 Å². The highest BCUT2D eigenvalue weighted by Crippen LogP contribution is 2.36. The molecule has 0 amide bonds. The highest BCUT2D eigenvalue weighted by Gasteiger charge is 2.36. The predicted molar refractivity (Wildman–Crippen MR) is 66.5 cm³/mol. The van der Waals surface area contributed by atoms with Crippen molar-refractivity contribution in [1.82, 2.24) is 0 Å². The first kappa shape index (κ1) is 12.8. The molecule has 94 valence electrons. The molecule has 4 heteroatoms. The largest absolute Gasteiger partial charge is 0.373 e. The van der Waals surface area contributed by atoms with E-state index in [1.165, 1.54) is 6.07 Å². The Bertz CT molecular complexity index is 404. The molecule has 1 aromatic carbocycles. The van der Waals surface area contributed by atoms with Crippen LogP contribution in [0.5, 0.6) is 0 Å². The lowest BCUT2D eigenvalue weighted by Gasteiger charge is -2.39. The molecule has 1 aliphatic heterocycles. The van der Waals surface area contributed by atoms with Crippen molar-refractivity contribution in [2.45, 2.75) is 37.8 Å². The van der Waals surface area contributed by atoms with Gasteiger partial charge in [0.05, 0.1) is 11.6 Å². The molecule has 1 fully saturated rings. The summed E-state index contributed by atoms with van der Waals surface area (Å²) in [7, 11) is 0. The second-order valence-corrected chi connectivity index (χ2v) is 5.20. The fourth-order valence-corrected chi connectivity index (χ4v) is 2.44. The molecule has 0 aliphatic carbocycles. The number of nitrogens with two attached hydrogens (primary N) is 1. The average molecular weight is 258 g/mol. The fourth-order valence-electron chi connectivity index (χ4n) is 2.28. The second-order valence-electron chi connectivity index (χ2n) is 4.76. The van der Waals surface area contributed by atoms with Crippen LogP contribution in [0.15, 0.2) is 18.2 Å². The molecular weight excluding hydrogens is 241 g/mol. The van der Waals surface area contributed by atoms with Gasteiger partial charge in [-0.25, -0.2) is 4.39 Å². The zero-order valence-electron chi connectivity index (χ0n) is 9.88. The number of hydrogen-bond acceptors (Lipinski definition) is 2. The summed E-state index contributed by atoms with van der Waals surface area (Å²) in [5, 5.41) is 0.383. The third-order valence-electron chi connectivity index (χ3n) is 3.45. The van der Waals surface area contributed by atoms with Gasteiger partial charge in [0.2, 0.25) is 0 Å². The van der Waals surface area contributed by atoms with E-state index in [1.807, 2.05) is 6.92 Å². The Kier molecular flexibility index (Phi) is 3.71. The zero-order chi connectivity index (χ0) is 12.5. The van der Waals surface area contributed by atoms with Gasteiger partial charge in [0, 0.05) is 17.2 Å². The summed E-state index contributed by atoms with van der Waals surface area (Å²) in [6, 6.07) is 4.14. The van der Waals surface area contributed by atoms with Crippen LogP contribution in [0.25, 0.3) is 0 Å². The van der Waals surface area contributed by atoms with Crippen LogP contribution in [0.2, 0.25) is 5.02 Å². The summed E-state index contributed by atoms with van der Waals surface area (Å²) in [6.07, 6.45) is 2.97.